The van der Waals surface area contributed by atoms with Crippen LogP contribution in [0.4, 0.5) is 10.5 Å². The largest absolute Gasteiger partial charge is 0.497 e. The highest BCUT2D eigenvalue weighted by Crippen LogP contribution is 2.37. The van der Waals surface area contributed by atoms with Crippen LogP contribution in [0.2, 0.25) is 0 Å². The van der Waals surface area contributed by atoms with Gasteiger partial charge in [-0.2, -0.15) is 0 Å². The standard InChI is InChI=1S/C22H23N3O6S/c1-4-31-21(26)19-13(2)23-22(27)24-20(19)17-11-15(25(28)29)7-10-18(17)32-12-14-5-8-16(30-3)9-6-14/h5-11,20H,4,12H2,1-3H3,(H2,23,24,27). The second-order valence-corrected chi connectivity index (χ2v) is 7.92. The predicted octanol–water partition coefficient (Wildman–Crippen LogP) is 4.09. The predicted molar refractivity (Wildman–Crippen MR) is 119 cm³/mol. The molecule has 0 aromatic heterocycles. The molecule has 0 saturated heterocycles. The minimum atomic E-state index is -0.888. The number of carbonyl (C=O) groups is 2. The number of carbonyl (C=O) groups excluding carboxylic acids is 2. The molecular formula is C22H23N3O6S. The molecule has 0 spiro atoms. The molecule has 9 nitrogen and oxygen atoms in total. The first-order valence-corrected chi connectivity index (χ1v) is 10.8. The van der Waals surface area contributed by atoms with Gasteiger partial charge in [0.2, 0.25) is 0 Å². The summed E-state index contributed by atoms with van der Waals surface area (Å²) in [4.78, 5) is 36.4. The Labute approximate surface area is 189 Å². The number of allylic oxidation sites excluding steroid dienone is 1. The van der Waals surface area contributed by atoms with Gasteiger partial charge in [0.1, 0.15) is 5.75 Å². The number of rotatable bonds is 8. The lowest BCUT2D eigenvalue weighted by Crippen LogP contribution is -2.45. The normalized spacial score (nSPS) is 15.6. The number of amides is 2. The Morgan fingerprint density at radius 3 is 2.56 bits per heavy atom. The van der Waals surface area contributed by atoms with Crippen molar-refractivity contribution < 1.29 is 24.0 Å². The van der Waals surface area contributed by atoms with E-state index in [1.807, 2.05) is 24.3 Å². The van der Waals surface area contributed by atoms with Gasteiger partial charge in [0, 0.05) is 28.5 Å². The Bertz CT molecular complexity index is 1070. The van der Waals surface area contributed by atoms with Gasteiger partial charge in [0.15, 0.2) is 0 Å². The molecule has 2 N–H and O–H groups in total. The van der Waals surface area contributed by atoms with Gasteiger partial charge in [-0.1, -0.05) is 12.1 Å². The molecule has 1 heterocycles. The molecule has 0 fully saturated rings. The molecule has 2 aromatic rings. The molecule has 168 valence electrons. The number of ether oxygens (including phenoxy) is 2. The quantitative estimate of drug-likeness (QED) is 0.265. The molecule has 3 rings (SSSR count). The number of nitrogens with one attached hydrogen (secondary N) is 2. The Morgan fingerprint density at radius 2 is 1.94 bits per heavy atom. The van der Waals surface area contributed by atoms with E-state index < -0.39 is 23.0 Å². The first-order valence-electron chi connectivity index (χ1n) is 9.83. The summed E-state index contributed by atoms with van der Waals surface area (Å²) in [5.41, 5.74) is 1.89. The van der Waals surface area contributed by atoms with E-state index >= 15 is 0 Å². The second kappa shape index (κ2) is 10.2. The van der Waals surface area contributed by atoms with Crippen LogP contribution in [0, 0.1) is 10.1 Å². The van der Waals surface area contributed by atoms with E-state index in [4.69, 9.17) is 9.47 Å². The summed E-state index contributed by atoms with van der Waals surface area (Å²) in [6.07, 6.45) is 0. The smallest absolute Gasteiger partial charge is 0.338 e. The van der Waals surface area contributed by atoms with Crippen LogP contribution in [0.25, 0.3) is 0 Å². The third-order valence-electron chi connectivity index (χ3n) is 4.83. The Kier molecular flexibility index (Phi) is 7.37. The number of urea groups is 1. The van der Waals surface area contributed by atoms with Gasteiger partial charge in [0.05, 0.1) is 30.3 Å². The summed E-state index contributed by atoms with van der Waals surface area (Å²) >= 11 is 1.45. The van der Waals surface area contributed by atoms with Crippen molar-refractivity contribution >= 4 is 29.4 Å². The molecule has 2 amide bonds. The van der Waals surface area contributed by atoms with Crippen molar-refractivity contribution in [2.24, 2.45) is 0 Å². The number of hydrogen-bond acceptors (Lipinski definition) is 7. The van der Waals surface area contributed by atoms with Crippen LogP contribution >= 0.6 is 11.8 Å². The number of nitro groups is 1. The molecular weight excluding hydrogens is 434 g/mol. The van der Waals surface area contributed by atoms with E-state index in [1.54, 1.807) is 27.0 Å². The maximum absolute atomic E-state index is 12.6. The highest BCUT2D eigenvalue weighted by atomic mass is 32.2. The summed E-state index contributed by atoms with van der Waals surface area (Å²) in [5, 5.41) is 16.7. The zero-order valence-electron chi connectivity index (χ0n) is 17.8. The van der Waals surface area contributed by atoms with E-state index in [-0.39, 0.29) is 17.9 Å². The fourth-order valence-electron chi connectivity index (χ4n) is 3.30. The zero-order chi connectivity index (χ0) is 23.3. The van der Waals surface area contributed by atoms with Gasteiger partial charge >= 0.3 is 12.0 Å². The van der Waals surface area contributed by atoms with E-state index in [0.717, 1.165) is 11.3 Å². The molecule has 1 aliphatic heterocycles. The molecule has 0 radical (unpaired) electrons. The minimum Gasteiger partial charge on any atom is -0.497 e. The molecule has 10 heteroatoms. The van der Waals surface area contributed by atoms with Gasteiger partial charge in [-0.05, 0) is 43.2 Å². The maximum Gasteiger partial charge on any atom is 0.338 e. The van der Waals surface area contributed by atoms with Crippen molar-refractivity contribution in [3.05, 3.63) is 75.0 Å². The van der Waals surface area contributed by atoms with Crippen molar-refractivity contribution in [3.8, 4) is 5.75 Å². The lowest BCUT2D eigenvalue weighted by atomic mass is 9.95. The number of methoxy groups -OCH3 is 1. The van der Waals surface area contributed by atoms with Gasteiger partial charge in [-0.3, -0.25) is 10.1 Å². The van der Waals surface area contributed by atoms with Crippen LogP contribution in [-0.4, -0.2) is 30.6 Å². The fraction of sp³-hybridized carbons (Fsp3) is 0.273. The molecule has 0 aliphatic carbocycles. The van der Waals surface area contributed by atoms with E-state index in [9.17, 15) is 19.7 Å². The first kappa shape index (κ1) is 23.1. The number of esters is 1. The lowest BCUT2D eigenvalue weighted by Gasteiger charge is -2.29. The molecule has 1 unspecified atom stereocenters. The highest BCUT2D eigenvalue weighted by Gasteiger charge is 2.34. The van der Waals surface area contributed by atoms with Gasteiger partial charge in [0.25, 0.3) is 5.69 Å². The summed E-state index contributed by atoms with van der Waals surface area (Å²) in [5.74, 6) is 0.720. The lowest BCUT2D eigenvalue weighted by molar-refractivity contribution is -0.385. The summed E-state index contributed by atoms with van der Waals surface area (Å²) < 4.78 is 10.3. The van der Waals surface area contributed by atoms with Crippen LogP contribution in [0.15, 0.2) is 58.6 Å². The van der Waals surface area contributed by atoms with Crippen molar-refractivity contribution in [3.63, 3.8) is 0 Å². The number of hydrogen-bond donors (Lipinski definition) is 2. The van der Waals surface area contributed by atoms with Crippen LogP contribution in [0.1, 0.15) is 31.0 Å². The highest BCUT2D eigenvalue weighted by molar-refractivity contribution is 7.98. The summed E-state index contributed by atoms with van der Waals surface area (Å²) in [6, 6.07) is 10.6. The topological polar surface area (TPSA) is 120 Å². The Balaban J connectivity index is 2.00. The number of thioether (sulfide) groups is 1. The third kappa shape index (κ3) is 5.20. The van der Waals surface area contributed by atoms with Crippen molar-refractivity contribution in [2.45, 2.75) is 30.5 Å². The Hall–Kier alpha value is -3.53. The fourth-order valence-corrected chi connectivity index (χ4v) is 4.32. The van der Waals surface area contributed by atoms with Crippen LogP contribution in [0.3, 0.4) is 0 Å². The second-order valence-electron chi connectivity index (χ2n) is 6.91. The van der Waals surface area contributed by atoms with E-state index in [0.29, 0.717) is 21.9 Å². The Morgan fingerprint density at radius 1 is 1.22 bits per heavy atom. The van der Waals surface area contributed by atoms with Crippen LogP contribution < -0.4 is 15.4 Å². The average molecular weight is 458 g/mol. The molecule has 0 saturated carbocycles. The minimum absolute atomic E-state index is 0.137. The van der Waals surface area contributed by atoms with Crippen LogP contribution in [-0.2, 0) is 15.3 Å². The van der Waals surface area contributed by atoms with Crippen molar-refractivity contribution in [1.82, 2.24) is 10.6 Å². The monoisotopic (exact) mass is 457 g/mol. The number of benzene rings is 2. The SMILES string of the molecule is CCOC(=O)C1=C(C)NC(=O)NC1c1cc([N+](=O)[O-])ccc1SCc1ccc(OC)cc1. The van der Waals surface area contributed by atoms with Gasteiger partial charge in [-0.15, -0.1) is 11.8 Å². The van der Waals surface area contributed by atoms with E-state index in [2.05, 4.69) is 10.6 Å². The number of non-ortho nitro benzene ring substituents is 1. The number of nitro benzene ring substituents is 1. The van der Waals surface area contributed by atoms with E-state index in [1.165, 1.54) is 23.9 Å². The van der Waals surface area contributed by atoms with Crippen LogP contribution in [0.5, 0.6) is 5.75 Å². The maximum atomic E-state index is 12.6. The van der Waals surface area contributed by atoms with Crippen molar-refractivity contribution in [1.29, 1.82) is 0 Å². The summed E-state index contributed by atoms with van der Waals surface area (Å²) in [7, 11) is 1.59. The number of nitrogens with zero attached hydrogens (tertiary/aromatic N) is 1. The molecule has 1 aliphatic rings. The van der Waals surface area contributed by atoms with Gasteiger partial charge < -0.3 is 20.1 Å². The zero-order valence-corrected chi connectivity index (χ0v) is 18.7. The average Bonchev–Trinajstić information content (AvgIpc) is 2.77. The van der Waals surface area contributed by atoms with Crippen molar-refractivity contribution in [2.75, 3.05) is 13.7 Å². The first-order chi connectivity index (χ1) is 15.3. The molecule has 32 heavy (non-hydrogen) atoms. The third-order valence-corrected chi connectivity index (χ3v) is 5.99. The van der Waals surface area contributed by atoms with Gasteiger partial charge in [-0.25, -0.2) is 9.59 Å². The molecule has 1 atom stereocenters. The molecule has 2 aromatic carbocycles. The molecule has 0 bridgehead atoms. The summed E-state index contributed by atoms with van der Waals surface area (Å²) in [6.45, 7) is 3.44.